The molecule has 4 heteroatoms. The van der Waals surface area contributed by atoms with Gasteiger partial charge in [0.1, 0.15) is 11.8 Å². The van der Waals surface area contributed by atoms with Crippen molar-refractivity contribution in [3.63, 3.8) is 0 Å². The van der Waals surface area contributed by atoms with Crippen molar-refractivity contribution in [1.29, 1.82) is 5.26 Å². The van der Waals surface area contributed by atoms with Crippen LogP contribution >= 0.6 is 0 Å². The van der Waals surface area contributed by atoms with Crippen molar-refractivity contribution in [2.24, 2.45) is 0 Å². The molecular weight excluding hydrogens is 214 g/mol. The normalized spacial score (nSPS) is 9.71. The first-order valence-electron chi connectivity index (χ1n) is 5.17. The van der Waals surface area contributed by atoms with Gasteiger partial charge in [0.15, 0.2) is 0 Å². The zero-order chi connectivity index (χ0) is 12.3. The van der Waals surface area contributed by atoms with Crippen molar-refractivity contribution in [2.75, 3.05) is 0 Å². The van der Waals surface area contributed by atoms with E-state index in [-0.39, 0.29) is 11.6 Å². The van der Waals surface area contributed by atoms with Gasteiger partial charge >= 0.3 is 0 Å². The van der Waals surface area contributed by atoms with Gasteiger partial charge in [0.25, 0.3) is 5.88 Å². The van der Waals surface area contributed by atoms with E-state index in [0.717, 1.165) is 11.1 Å². The third kappa shape index (κ3) is 2.40. The number of ether oxygens (including phenoxy) is 1. The molecular formula is C13H11N3O. The predicted molar refractivity (Wildman–Crippen MR) is 62.7 cm³/mol. The number of benzene rings is 1. The molecule has 0 unspecified atom stereocenters. The van der Waals surface area contributed by atoms with Gasteiger partial charge in [-0.3, -0.25) is 0 Å². The topological polar surface area (TPSA) is 58.8 Å². The van der Waals surface area contributed by atoms with Gasteiger partial charge in [0.2, 0.25) is 5.69 Å². The molecule has 1 aromatic carbocycles. The van der Waals surface area contributed by atoms with Gasteiger partial charge < -0.3 is 4.74 Å². The Morgan fingerprint density at radius 1 is 1.18 bits per heavy atom. The van der Waals surface area contributed by atoms with Gasteiger partial charge in [-0.05, 0) is 31.0 Å². The molecule has 0 saturated carbocycles. The summed E-state index contributed by atoms with van der Waals surface area (Å²) >= 11 is 0. The molecule has 0 aliphatic heterocycles. The highest BCUT2D eigenvalue weighted by molar-refractivity contribution is 5.40. The molecule has 1 heterocycles. The largest absolute Gasteiger partial charge is 0.436 e. The minimum atomic E-state index is 0.188. The molecule has 0 aliphatic carbocycles. The molecule has 0 spiro atoms. The molecule has 0 atom stereocenters. The molecule has 0 radical (unpaired) electrons. The first-order valence-corrected chi connectivity index (χ1v) is 5.17. The van der Waals surface area contributed by atoms with Crippen LogP contribution in [-0.4, -0.2) is 9.97 Å². The maximum atomic E-state index is 8.89. The van der Waals surface area contributed by atoms with Gasteiger partial charge in [0, 0.05) is 12.4 Å². The summed E-state index contributed by atoms with van der Waals surface area (Å²) in [5, 5.41) is 8.89. The van der Waals surface area contributed by atoms with Crippen LogP contribution in [0.15, 0.2) is 30.6 Å². The Morgan fingerprint density at radius 3 is 2.71 bits per heavy atom. The summed E-state index contributed by atoms with van der Waals surface area (Å²) in [4.78, 5) is 7.91. The van der Waals surface area contributed by atoms with E-state index in [0.29, 0.717) is 5.75 Å². The van der Waals surface area contributed by atoms with Gasteiger partial charge in [-0.15, -0.1) is 0 Å². The maximum Gasteiger partial charge on any atom is 0.256 e. The Labute approximate surface area is 99.5 Å². The second-order valence-electron chi connectivity index (χ2n) is 3.69. The van der Waals surface area contributed by atoms with Crippen molar-refractivity contribution in [1.82, 2.24) is 9.97 Å². The van der Waals surface area contributed by atoms with Crippen LogP contribution < -0.4 is 4.74 Å². The fourth-order valence-electron chi connectivity index (χ4n) is 1.40. The summed E-state index contributed by atoms with van der Waals surface area (Å²) < 4.78 is 5.62. The Kier molecular flexibility index (Phi) is 3.01. The molecule has 84 valence electrons. The maximum absolute atomic E-state index is 8.89. The smallest absolute Gasteiger partial charge is 0.256 e. The molecule has 17 heavy (non-hydrogen) atoms. The number of nitriles is 1. The van der Waals surface area contributed by atoms with E-state index in [4.69, 9.17) is 10.00 Å². The Hall–Kier alpha value is -2.41. The number of aryl methyl sites for hydroxylation is 2. The average Bonchev–Trinajstić information content (AvgIpc) is 2.34. The summed E-state index contributed by atoms with van der Waals surface area (Å²) in [7, 11) is 0. The number of hydrogen-bond acceptors (Lipinski definition) is 4. The SMILES string of the molecule is Cc1ccc(C)c(Oc2nccnc2C#N)c1. The molecule has 0 aliphatic rings. The molecule has 0 bridgehead atoms. The first-order chi connectivity index (χ1) is 8.20. The third-order valence-electron chi connectivity index (χ3n) is 2.32. The van der Waals surface area contributed by atoms with E-state index in [1.165, 1.54) is 12.4 Å². The van der Waals surface area contributed by atoms with E-state index in [1.807, 2.05) is 38.1 Å². The van der Waals surface area contributed by atoms with Crippen molar-refractivity contribution < 1.29 is 4.74 Å². The van der Waals surface area contributed by atoms with Crippen molar-refractivity contribution in [3.05, 3.63) is 47.4 Å². The zero-order valence-corrected chi connectivity index (χ0v) is 9.64. The van der Waals surface area contributed by atoms with Gasteiger partial charge in [-0.1, -0.05) is 12.1 Å². The first kappa shape index (κ1) is 11.1. The highest BCUT2D eigenvalue weighted by atomic mass is 16.5. The number of aromatic nitrogens is 2. The molecule has 0 saturated heterocycles. The highest BCUT2D eigenvalue weighted by Gasteiger charge is 2.08. The minimum absolute atomic E-state index is 0.188. The molecule has 0 amide bonds. The molecule has 2 aromatic rings. The van der Waals surface area contributed by atoms with E-state index in [1.54, 1.807) is 0 Å². The van der Waals surface area contributed by atoms with Gasteiger partial charge in [0.05, 0.1) is 0 Å². The second-order valence-corrected chi connectivity index (χ2v) is 3.69. The zero-order valence-electron chi connectivity index (χ0n) is 9.64. The van der Waals surface area contributed by atoms with Crippen LogP contribution in [0.2, 0.25) is 0 Å². The van der Waals surface area contributed by atoms with Crippen molar-refractivity contribution in [2.45, 2.75) is 13.8 Å². The Balaban J connectivity index is 2.38. The van der Waals surface area contributed by atoms with E-state index in [2.05, 4.69) is 9.97 Å². The fourth-order valence-corrected chi connectivity index (χ4v) is 1.40. The Morgan fingerprint density at radius 2 is 1.94 bits per heavy atom. The monoisotopic (exact) mass is 225 g/mol. The predicted octanol–water partition coefficient (Wildman–Crippen LogP) is 2.76. The molecule has 4 nitrogen and oxygen atoms in total. The summed E-state index contributed by atoms with van der Waals surface area (Å²) in [5.41, 5.74) is 2.27. The lowest BCUT2D eigenvalue weighted by molar-refractivity contribution is 0.454. The molecule has 0 N–H and O–H groups in total. The lowest BCUT2D eigenvalue weighted by atomic mass is 10.1. The molecule has 0 fully saturated rings. The van der Waals surface area contributed by atoms with Crippen LogP contribution in [0.5, 0.6) is 11.6 Å². The Bertz CT molecular complexity index is 587. The number of hydrogen-bond donors (Lipinski definition) is 0. The standard InChI is InChI=1S/C13H11N3O/c1-9-3-4-10(2)12(7-9)17-13-11(8-14)15-5-6-16-13/h3-7H,1-2H3. The second kappa shape index (κ2) is 4.62. The van der Waals surface area contributed by atoms with Crippen LogP contribution in [0.1, 0.15) is 16.8 Å². The van der Waals surface area contributed by atoms with E-state index >= 15 is 0 Å². The highest BCUT2D eigenvalue weighted by Crippen LogP contribution is 2.25. The summed E-state index contributed by atoms with van der Waals surface area (Å²) in [5.74, 6) is 0.936. The average molecular weight is 225 g/mol. The van der Waals surface area contributed by atoms with Crippen LogP contribution in [0.3, 0.4) is 0 Å². The van der Waals surface area contributed by atoms with Gasteiger partial charge in [-0.2, -0.15) is 5.26 Å². The van der Waals surface area contributed by atoms with Crippen LogP contribution in [-0.2, 0) is 0 Å². The van der Waals surface area contributed by atoms with E-state index in [9.17, 15) is 0 Å². The van der Waals surface area contributed by atoms with Crippen LogP contribution in [0, 0.1) is 25.2 Å². The summed E-state index contributed by atoms with van der Waals surface area (Å²) in [6.07, 6.45) is 2.97. The van der Waals surface area contributed by atoms with Crippen molar-refractivity contribution in [3.8, 4) is 17.7 Å². The minimum Gasteiger partial charge on any atom is -0.436 e. The quantitative estimate of drug-likeness (QED) is 0.788. The lowest BCUT2D eigenvalue weighted by Gasteiger charge is -2.08. The van der Waals surface area contributed by atoms with Crippen LogP contribution in [0.25, 0.3) is 0 Å². The molecule has 2 rings (SSSR count). The van der Waals surface area contributed by atoms with E-state index < -0.39 is 0 Å². The molecule has 1 aromatic heterocycles. The number of nitrogens with zero attached hydrogens (tertiary/aromatic N) is 3. The van der Waals surface area contributed by atoms with Gasteiger partial charge in [-0.25, -0.2) is 9.97 Å². The van der Waals surface area contributed by atoms with Crippen LogP contribution in [0.4, 0.5) is 0 Å². The third-order valence-corrected chi connectivity index (χ3v) is 2.32. The number of rotatable bonds is 2. The summed E-state index contributed by atoms with van der Waals surface area (Å²) in [6, 6.07) is 7.83. The summed E-state index contributed by atoms with van der Waals surface area (Å²) in [6.45, 7) is 3.92. The lowest BCUT2D eigenvalue weighted by Crippen LogP contribution is -1.95. The fraction of sp³-hybridized carbons (Fsp3) is 0.154. The van der Waals surface area contributed by atoms with Crippen molar-refractivity contribution >= 4 is 0 Å².